The Balaban J connectivity index is 2.07. The average Bonchev–Trinajstić information content (AvgIpc) is 2.42. The number of piperazine rings is 1. The molecule has 5 heteroatoms. The normalized spacial score (nSPS) is 20.8. The zero-order valence-corrected chi connectivity index (χ0v) is 13.4. The van der Waals surface area contributed by atoms with Gasteiger partial charge in [-0.2, -0.15) is 5.26 Å². The van der Waals surface area contributed by atoms with Gasteiger partial charge in [-0.05, 0) is 46.8 Å². The van der Waals surface area contributed by atoms with E-state index in [0.29, 0.717) is 0 Å². The Morgan fingerprint density at radius 1 is 1.10 bits per heavy atom. The van der Waals surface area contributed by atoms with E-state index in [1.165, 1.54) is 32.7 Å². The fraction of sp³-hybridized carbons (Fsp3) is 0.933. The van der Waals surface area contributed by atoms with Crippen molar-refractivity contribution < 1.29 is 0 Å². The maximum Gasteiger partial charge on any atom is 0.101 e. The molecule has 116 valence electrons. The van der Waals surface area contributed by atoms with E-state index in [9.17, 15) is 0 Å². The molecule has 0 radical (unpaired) electrons. The number of rotatable bonds is 8. The maximum atomic E-state index is 8.87. The number of hydrogen-bond acceptors (Lipinski definition) is 5. The summed E-state index contributed by atoms with van der Waals surface area (Å²) < 4.78 is 0. The third-order valence-electron chi connectivity index (χ3n) is 4.00. The molecular formula is C15H31N5. The van der Waals surface area contributed by atoms with Crippen molar-refractivity contribution in [2.24, 2.45) is 5.73 Å². The lowest BCUT2D eigenvalue weighted by molar-refractivity contribution is 0.123. The molecular weight excluding hydrogens is 250 g/mol. The second-order valence-electron chi connectivity index (χ2n) is 6.47. The van der Waals surface area contributed by atoms with Crippen molar-refractivity contribution in [2.75, 3.05) is 59.9 Å². The second kappa shape index (κ2) is 8.58. The van der Waals surface area contributed by atoms with E-state index in [-0.39, 0.29) is 0 Å². The molecule has 0 aromatic heterocycles. The SMILES string of the molecule is CN(C)CCN1CCN(CCCCC(C)(N)C#N)CC1. The van der Waals surface area contributed by atoms with Gasteiger partial charge in [-0.1, -0.05) is 0 Å². The first-order chi connectivity index (χ1) is 9.43. The molecule has 0 bridgehead atoms. The van der Waals surface area contributed by atoms with Crippen LogP contribution in [0.5, 0.6) is 0 Å². The number of nitrogens with two attached hydrogens (primary N) is 1. The summed E-state index contributed by atoms with van der Waals surface area (Å²) in [5.74, 6) is 0. The van der Waals surface area contributed by atoms with E-state index in [1.807, 2.05) is 6.92 Å². The lowest BCUT2D eigenvalue weighted by atomic mass is 9.98. The molecule has 1 atom stereocenters. The predicted octanol–water partition coefficient (Wildman–Crippen LogP) is 0.577. The topological polar surface area (TPSA) is 59.5 Å². The van der Waals surface area contributed by atoms with E-state index in [1.54, 1.807) is 0 Å². The van der Waals surface area contributed by atoms with Crippen LogP contribution in [0.4, 0.5) is 0 Å². The van der Waals surface area contributed by atoms with Crippen LogP contribution in [0.25, 0.3) is 0 Å². The first kappa shape index (κ1) is 17.4. The van der Waals surface area contributed by atoms with Gasteiger partial charge in [0.1, 0.15) is 5.54 Å². The van der Waals surface area contributed by atoms with E-state index in [2.05, 4.69) is 34.9 Å². The molecule has 1 fully saturated rings. The Morgan fingerprint density at radius 3 is 2.15 bits per heavy atom. The predicted molar refractivity (Wildman–Crippen MR) is 83.5 cm³/mol. The van der Waals surface area contributed by atoms with E-state index < -0.39 is 5.54 Å². The third-order valence-corrected chi connectivity index (χ3v) is 4.00. The maximum absolute atomic E-state index is 8.87. The first-order valence-corrected chi connectivity index (χ1v) is 7.72. The van der Waals surface area contributed by atoms with Crippen LogP contribution < -0.4 is 5.73 Å². The Hall–Kier alpha value is -0.670. The minimum absolute atomic E-state index is 0.648. The summed E-state index contributed by atoms with van der Waals surface area (Å²) in [6.45, 7) is 9.98. The standard InChI is InChI=1S/C15H31N5/c1-15(17,14-16)6-4-5-7-19-10-12-20(13-11-19)9-8-18(2)3/h4-13,17H2,1-3H3. The van der Waals surface area contributed by atoms with E-state index >= 15 is 0 Å². The van der Waals surface area contributed by atoms with Crippen molar-refractivity contribution in [1.29, 1.82) is 5.26 Å². The Morgan fingerprint density at radius 2 is 1.65 bits per heavy atom. The summed E-state index contributed by atoms with van der Waals surface area (Å²) in [5, 5.41) is 8.87. The molecule has 0 saturated carbocycles. The number of nitrogens with zero attached hydrogens (tertiary/aromatic N) is 4. The van der Waals surface area contributed by atoms with Gasteiger partial charge in [-0.15, -0.1) is 0 Å². The molecule has 1 aliphatic rings. The van der Waals surface area contributed by atoms with Gasteiger partial charge in [-0.25, -0.2) is 0 Å². The molecule has 1 unspecified atom stereocenters. The van der Waals surface area contributed by atoms with Gasteiger partial charge in [0.2, 0.25) is 0 Å². The summed E-state index contributed by atoms with van der Waals surface area (Å²) in [6, 6.07) is 2.16. The van der Waals surface area contributed by atoms with E-state index in [4.69, 9.17) is 11.0 Å². The second-order valence-corrected chi connectivity index (χ2v) is 6.47. The van der Waals surface area contributed by atoms with Crippen LogP contribution >= 0.6 is 0 Å². The summed E-state index contributed by atoms with van der Waals surface area (Å²) in [7, 11) is 4.26. The van der Waals surface area contributed by atoms with Gasteiger partial charge in [0.25, 0.3) is 0 Å². The van der Waals surface area contributed by atoms with Crippen LogP contribution in [0.15, 0.2) is 0 Å². The smallest absolute Gasteiger partial charge is 0.101 e. The van der Waals surface area contributed by atoms with Crippen molar-refractivity contribution in [1.82, 2.24) is 14.7 Å². The van der Waals surface area contributed by atoms with Crippen LogP contribution in [-0.2, 0) is 0 Å². The summed E-state index contributed by atoms with van der Waals surface area (Å²) in [5.41, 5.74) is 5.18. The van der Waals surface area contributed by atoms with Crippen molar-refractivity contribution in [3.8, 4) is 6.07 Å². The molecule has 0 aliphatic carbocycles. The highest BCUT2D eigenvalue weighted by Gasteiger charge is 2.18. The third kappa shape index (κ3) is 7.20. The number of hydrogen-bond donors (Lipinski definition) is 1. The molecule has 0 amide bonds. The molecule has 1 saturated heterocycles. The highest BCUT2D eigenvalue weighted by atomic mass is 15.3. The molecule has 1 heterocycles. The molecule has 1 rings (SSSR count). The first-order valence-electron chi connectivity index (χ1n) is 7.72. The number of likely N-dealkylation sites (N-methyl/N-ethyl adjacent to an activating group) is 1. The van der Waals surface area contributed by atoms with Gasteiger partial charge in [0.05, 0.1) is 6.07 Å². The highest BCUT2D eigenvalue weighted by Crippen LogP contribution is 2.10. The fourth-order valence-corrected chi connectivity index (χ4v) is 2.46. The average molecular weight is 281 g/mol. The van der Waals surface area contributed by atoms with Crippen LogP contribution in [0.1, 0.15) is 26.2 Å². The quantitative estimate of drug-likeness (QED) is 0.659. The van der Waals surface area contributed by atoms with Gasteiger partial charge in [-0.3, -0.25) is 4.90 Å². The zero-order chi connectivity index (χ0) is 15.0. The van der Waals surface area contributed by atoms with Gasteiger partial charge in [0.15, 0.2) is 0 Å². The zero-order valence-electron chi connectivity index (χ0n) is 13.4. The van der Waals surface area contributed by atoms with Crippen LogP contribution in [0, 0.1) is 11.3 Å². The van der Waals surface area contributed by atoms with Crippen molar-refractivity contribution in [3.63, 3.8) is 0 Å². The van der Waals surface area contributed by atoms with E-state index in [0.717, 1.165) is 32.4 Å². The highest BCUT2D eigenvalue weighted by molar-refractivity contribution is 5.00. The van der Waals surface area contributed by atoms with Crippen LogP contribution in [0.2, 0.25) is 0 Å². The number of nitriles is 1. The Kier molecular flexibility index (Phi) is 7.46. The summed E-state index contributed by atoms with van der Waals surface area (Å²) in [6.07, 6.45) is 2.99. The van der Waals surface area contributed by atoms with Crippen molar-refractivity contribution in [2.45, 2.75) is 31.7 Å². The summed E-state index contributed by atoms with van der Waals surface area (Å²) in [4.78, 5) is 7.32. The molecule has 2 N–H and O–H groups in total. The molecule has 20 heavy (non-hydrogen) atoms. The van der Waals surface area contributed by atoms with Gasteiger partial charge < -0.3 is 15.5 Å². The lowest BCUT2D eigenvalue weighted by Gasteiger charge is -2.35. The summed E-state index contributed by atoms with van der Waals surface area (Å²) >= 11 is 0. The lowest BCUT2D eigenvalue weighted by Crippen LogP contribution is -2.48. The van der Waals surface area contributed by atoms with Crippen LogP contribution in [0.3, 0.4) is 0 Å². The van der Waals surface area contributed by atoms with Crippen LogP contribution in [-0.4, -0.2) is 80.1 Å². The van der Waals surface area contributed by atoms with Crippen molar-refractivity contribution in [3.05, 3.63) is 0 Å². The molecule has 0 aromatic carbocycles. The van der Waals surface area contributed by atoms with Gasteiger partial charge in [0, 0.05) is 39.3 Å². The molecule has 0 aromatic rings. The fourth-order valence-electron chi connectivity index (χ4n) is 2.46. The monoisotopic (exact) mass is 281 g/mol. The minimum Gasteiger partial charge on any atom is -0.314 e. The number of unbranched alkanes of at least 4 members (excludes halogenated alkanes) is 1. The largest absolute Gasteiger partial charge is 0.314 e. The minimum atomic E-state index is -0.648. The molecule has 0 spiro atoms. The van der Waals surface area contributed by atoms with Gasteiger partial charge >= 0.3 is 0 Å². The van der Waals surface area contributed by atoms with Crippen molar-refractivity contribution >= 4 is 0 Å². The molecule has 5 nitrogen and oxygen atoms in total. The Labute approximate surface area is 124 Å². The molecule has 1 aliphatic heterocycles. The Bertz CT molecular complexity index is 300.